The molecule has 0 spiro atoms. The first-order chi connectivity index (χ1) is 8.84. The van der Waals surface area contributed by atoms with Gasteiger partial charge in [-0.05, 0) is 11.1 Å². The lowest BCUT2D eigenvalue weighted by molar-refractivity contribution is 0.114. The van der Waals surface area contributed by atoms with Gasteiger partial charge in [0.05, 0.1) is 6.04 Å². The summed E-state index contributed by atoms with van der Waals surface area (Å²) in [5.41, 5.74) is 8.61. The second-order valence-corrected chi connectivity index (χ2v) is 4.94. The number of hydrogen-bond donors (Lipinski definition) is 2. The third-order valence-electron chi connectivity index (χ3n) is 3.53. The first-order valence-corrected chi connectivity index (χ1v) is 6.44. The van der Waals surface area contributed by atoms with Gasteiger partial charge in [0.2, 0.25) is 0 Å². The van der Waals surface area contributed by atoms with Crippen LogP contribution in [0.4, 0.5) is 0 Å². The third kappa shape index (κ3) is 2.84. The van der Waals surface area contributed by atoms with Crippen LogP contribution in [0.5, 0.6) is 0 Å². The zero-order valence-corrected chi connectivity index (χ0v) is 11.1. The zero-order chi connectivity index (χ0) is 12.4. The second-order valence-electron chi connectivity index (χ2n) is 4.94. The summed E-state index contributed by atoms with van der Waals surface area (Å²) < 4.78 is 0. The lowest BCUT2D eigenvalue weighted by Gasteiger charge is -2.43. The number of hydrogen-bond acceptors (Lipinski definition) is 3. The quantitative estimate of drug-likeness (QED) is 0.886. The van der Waals surface area contributed by atoms with Crippen LogP contribution in [0.2, 0.25) is 0 Å². The molecule has 1 heterocycles. The van der Waals surface area contributed by atoms with E-state index in [1.165, 1.54) is 11.1 Å². The number of nitrogens with two attached hydrogens (primary N) is 1. The summed E-state index contributed by atoms with van der Waals surface area (Å²) in [6.07, 6.45) is 0. The molecule has 3 nitrogen and oxygen atoms in total. The Morgan fingerprint density at radius 2 is 1.26 bits per heavy atom. The van der Waals surface area contributed by atoms with Gasteiger partial charge in [-0.25, -0.2) is 0 Å². The molecule has 1 saturated heterocycles. The van der Waals surface area contributed by atoms with Crippen LogP contribution in [0.15, 0.2) is 60.7 Å². The third-order valence-corrected chi connectivity index (χ3v) is 3.53. The van der Waals surface area contributed by atoms with Gasteiger partial charge in [0, 0.05) is 19.1 Å². The Kier molecular flexibility index (Phi) is 4.32. The molecule has 3 heteroatoms. The first-order valence-electron chi connectivity index (χ1n) is 6.44. The molecule has 0 radical (unpaired) electrons. The maximum absolute atomic E-state index is 5.92. The van der Waals surface area contributed by atoms with Gasteiger partial charge in [0.1, 0.15) is 0 Å². The van der Waals surface area contributed by atoms with Gasteiger partial charge in [0.15, 0.2) is 0 Å². The topological polar surface area (TPSA) is 64.3 Å². The maximum atomic E-state index is 5.92. The van der Waals surface area contributed by atoms with Crippen molar-refractivity contribution in [1.82, 2.24) is 11.1 Å². The van der Waals surface area contributed by atoms with Crippen LogP contribution < -0.4 is 11.9 Å². The summed E-state index contributed by atoms with van der Waals surface area (Å²) in [5, 5.41) is 0. The van der Waals surface area contributed by atoms with E-state index in [0.717, 1.165) is 13.1 Å². The van der Waals surface area contributed by atoms with Gasteiger partial charge in [-0.3, -0.25) is 4.90 Å². The van der Waals surface area contributed by atoms with Crippen LogP contribution in [-0.4, -0.2) is 24.0 Å². The fourth-order valence-corrected chi connectivity index (χ4v) is 2.64. The minimum absolute atomic E-state index is 0. The maximum Gasteiger partial charge on any atom is 0.0602 e. The van der Waals surface area contributed by atoms with E-state index in [-0.39, 0.29) is 6.15 Å². The minimum Gasteiger partial charge on any atom is -0.344 e. The highest BCUT2D eigenvalue weighted by atomic mass is 15.2. The summed E-state index contributed by atoms with van der Waals surface area (Å²) in [5.74, 6) is 0. The molecule has 2 aromatic rings. The summed E-state index contributed by atoms with van der Waals surface area (Å²) in [6, 6.07) is 22.0. The Balaban J connectivity index is 0.00000133. The van der Waals surface area contributed by atoms with Crippen LogP contribution in [0.25, 0.3) is 0 Å². The summed E-state index contributed by atoms with van der Waals surface area (Å²) in [7, 11) is 0. The van der Waals surface area contributed by atoms with Crippen molar-refractivity contribution < 1.29 is 0 Å². The van der Waals surface area contributed by atoms with E-state index in [9.17, 15) is 0 Å². The summed E-state index contributed by atoms with van der Waals surface area (Å²) in [4.78, 5) is 2.44. The van der Waals surface area contributed by atoms with Gasteiger partial charge in [-0.15, -0.1) is 0 Å². The van der Waals surface area contributed by atoms with Crippen molar-refractivity contribution in [3.05, 3.63) is 71.8 Å². The van der Waals surface area contributed by atoms with E-state index >= 15 is 0 Å². The first kappa shape index (κ1) is 13.7. The van der Waals surface area contributed by atoms with Crippen LogP contribution >= 0.6 is 0 Å². The molecule has 0 atom stereocenters. The number of nitrogens with zero attached hydrogens (tertiary/aromatic N) is 1. The average molecular weight is 255 g/mol. The van der Waals surface area contributed by atoms with E-state index in [1.54, 1.807) is 0 Å². The monoisotopic (exact) mass is 255 g/mol. The lowest BCUT2D eigenvalue weighted by atomic mass is 9.93. The van der Waals surface area contributed by atoms with Crippen LogP contribution in [-0.2, 0) is 0 Å². The molecule has 0 amide bonds. The fourth-order valence-electron chi connectivity index (χ4n) is 2.64. The SMILES string of the molecule is N.NC1CN(C(c2ccccc2)c2ccccc2)C1. The number of rotatable bonds is 3. The van der Waals surface area contributed by atoms with Crippen LogP contribution in [0.1, 0.15) is 17.2 Å². The lowest BCUT2D eigenvalue weighted by Crippen LogP contribution is -2.56. The minimum atomic E-state index is 0. The predicted molar refractivity (Wildman–Crippen MR) is 79.3 cm³/mol. The molecule has 0 saturated carbocycles. The van der Waals surface area contributed by atoms with E-state index in [1.807, 2.05) is 0 Å². The molecule has 0 unspecified atom stereocenters. The van der Waals surface area contributed by atoms with E-state index in [4.69, 9.17) is 5.73 Å². The molecular formula is C16H21N3. The normalized spacial score (nSPS) is 15.9. The van der Waals surface area contributed by atoms with Crippen LogP contribution in [0, 0.1) is 0 Å². The standard InChI is InChI=1S/C16H18N2.H3N/c17-15-11-18(12-15)16(13-7-3-1-4-8-13)14-9-5-2-6-10-14;/h1-10,15-16H,11-12,17H2;1H3. The number of likely N-dealkylation sites (tertiary alicyclic amines) is 1. The summed E-state index contributed by atoms with van der Waals surface area (Å²) in [6.45, 7) is 1.96. The highest BCUT2D eigenvalue weighted by molar-refractivity contribution is 5.32. The molecule has 2 aromatic carbocycles. The molecular weight excluding hydrogens is 234 g/mol. The molecule has 1 aliphatic heterocycles. The fraction of sp³-hybridized carbons (Fsp3) is 0.250. The van der Waals surface area contributed by atoms with E-state index in [0.29, 0.717) is 12.1 Å². The average Bonchev–Trinajstić information content (AvgIpc) is 2.40. The Bertz CT molecular complexity index is 452. The van der Waals surface area contributed by atoms with Crippen molar-refractivity contribution >= 4 is 0 Å². The Labute approximate surface area is 114 Å². The van der Waals surface area contributed by atoms with Crippen molar-refractivity contribution in [2.24, 2.45) is 5.73 Å². The Morgan fingerprint density at radius 3 is 1.63 bits per heavy atom. The van der Waals surface area contributed by atoms with Crippen molar-refractivity contribution in [2.75, 3.05) is 13.1 Å². The zero-order valence-electron chi connectivity index (χ0n) is 11.1. The smallest absolute Gasteiger partial charge is 0.0602 e. The summed E-state index contributed by atoms with van der Waals surface area (Å²) >= 11 is 0. The van der Waals surface area contributed by atoms with Crippen molar-refractivity contribution in [1.29, 1.82) is 0 Å². The largest absolute Gasteiger partial charge is 0.344 e. The highest BCUT2D eigenvalue weighted by Crippen LogP contribution is 2.31. The predicted octanol–water partition coefficient (Wildman–Crippen LogP) is 2.58. The van der Waals surface area contributed by atoms with Gasteiger partial charge in [-0.2, -0.15) is 0 Å². The van der Waals surface area contributed by atoms with Crippen LogP contribution in [0.3, 0.4) is 0 Å². The van der Waals surface area contributed by atoms with Gasteiger partial charge >= 0.3 is 0 Å². The molecule has 19 heavy (non-hydrogen) atoms. The van der Waals surface area contributed by atoms with Gasteiger partial charge in [0.25, 0.3) is 0 Å². The van der Waals surface area contributed by atoms with Crippen molar-refractivity contribution in [2.45, 2.75) is 12.1 Å². The molecule has 0 aromatic heterocycles. The molecule has 100 valence electrons. The van der Waals surface area contributed by atoms with Gasteiger partial charge in [-0.1, -0.05) is 60.7 Å². The van der Waals surface area contributed by atoms with E-state index < -0.39 is 0 Å². The molecule has 3 rings (SSSR count). The molecule has 5 N–H and O–H groups in total. The molecule has 1 fully saturated rings. The van der Waals surface area contributed by atoms with E-state index in [2.05, 4.69) is 65.6 Å². The Hall–Kier alpha value is -1.68. The van der Waals surface area contributed by atoms with Crippen molar-refractivity contribution in [3.8, 4) is 0 Å². The second kappa shape index (κ2) is 5.97. The molecule has 0 bridgehead atoms. The van der Waals surface area contributed by atoms with Crippen molar-refractivity contribution in [3.63, 3.8) is 0 Å². The number of benzene rings is 2. The van der Waals surface area contributed by atoms with Gasteiger partial charge < -0.3 is 11.9 Å². The molecule has 0 aliphatic carbocycles. The highest BCUT2D eigenvalue weighted by Gasteiger charge is 2.31. The Morgan fingerprint density at radius 1 is 0.842 bits per heavy atom. The molecule has 1 aliphatic rings.